The monoisotopic (exact) mass is 498 g/mol. The first-order valence-corrected chi connectivity index (χ1v) is 12.5. The van der Waals surface area contributed by atoms with Crippen LogP contribution >= 0.6 is 0 Å². The minimum Gasteiger partial charge on any atom is -0.496 e. The fraction of sp³-hybridized carbons (Fsp3) is 0.304. The molecule has 2 N–H and O–H groups in total. The molecule has 35 heavy (non-hydrogen) atoms. The van der Waals surface area contributed by atoms with Crippen LogP contribution in [0.1, 0.15) is 12.8 Å². The van der Waals surface area contributed by atoms with Crippen molar-refractivity contribution in [2.45, 2.75) is 17.7 Å². The number of rotatable bonds is 8. The number of nitrogens with zero attached hydrogens (tertiary/aromatic N) is 4. The fourth-order valence-electron chi connectivity index (χ4n) is 3.76. The van der Waals surface area contributed by atoms with Gasteiger partial charge >= 0.3 is 0 Å². The first kappa shape index (κ1) is 24.4. The van der Waals surface area contributed by atoms with E-state index in [0.717, 1.165) is 0 Å². The van der Waals surface area contributed by atoms with Gasteiger partial charge in [-0.15, -0.1) is 5.10 Å². The molecule has 0 aliphatic carbocycles. The standard InChI is InChI=1S/C23H26N6O5S/c1-34-19-10-6-5-9-18(19)22-25-23(27-26-22)24-20(30)11-12-21(31)28-13-15-29(16-14-28)35(32,33)17-7-3-2-4-8-17/h2-10H,11-16H2,1H3,(H2,24,25,26,27,30). The number of piperazine rings is 1. The highest BCUT2D eigenvalue weighted by molar-refractivity contribution is 7.89. The van der Waals surface area contributed by atoms with E-state index < -0.39 is 15.9 Å². The van der Waals surface area contributed by atoms with Gasteiger partial charge in [-0.05, 0) is 24.3 Å². The lowest BCUT2D eigenvalue weighted by molar-refractivity contribution is -0.133. The van der Waals surface area contributed by atoms with Crippen LogP contribution in [0.5, 0.6) is 5.75 Å². The zero-order valence-corrected chi connectivity index (χ0v) is 20.0. The number of hydrogen-bond acceptors (Lipinski definition) is 7. The molecule has 4 rings (SSSR count). The van der Waals surface area contributed by atoms with Gasteiger partial charge in [-0.2, -0.15) is 9.29 Å². The molecule has 184 valence electrons. The molecule has 11 nitrogen and oxygen atoms in total. The van der Waals surface area contributed by atoms with Crippen molar-refractivity contribution in [2.75, 3.05) is 38.6 Å². The maximum absolute atomic E-state index is 12.7. The molecule has 0 atom stereocenters. The average molecular weight is 499 g/mol. The van der Waals surface area contributed by atoms with Crippen LogP contribution in [0.15, 0.2) is 59.5 Å². The van der Waals surface area contributed by atoms with Crippen LogP contribution in [0, 0.1) is 0 Å². The number of ether oxygens (including phenoxy) is 1. The Morgan fingerprint density at radius 3 is 2.40 bits per heavy atom. The maximum atomic E-state index is 12.7. The average Bonchev–Trinajstić information content (AvgIpc) is 3.36. The van der Waals surface area contributed by atoms with Crippen molar-refractivity contribution in [1.29, 1.82) is 0 Å². The third-order valence-corrected chi connectivity index (χ3v) is 7.55. The summed E-state index contributed by atoms with van der Waals surface area (Å²) >= 11 is 0. The topological polar surface area (TPSA) is 138 Å². The van der Waals surface area contributed by atoms with Gasteiger partial charge in [0.1, 0.15) is 5.75 Å². The Morgan fingerprint density at radius 2 is 1.69 bits per heavy atom. The molecule has 1 aliphatic heterocycles. The first-order valence-electron chi connectivity index (χ1n) is 11.1. The van der Waals surface area contributed by atoms with Gasteiger partial charge < -0.3 is 9.64 Å². The third kappa shape index (κ3) is 5.66. The van der Waals surface area contributed by atoms with Gasteiger partial charge in [-0.1, -0.05) is 30.3 Å². The maximum Gasteiger partial charge on any atom is 0.249 e. The van der Waals surface area contributed by atoms with Gasteiger partial charge in [-0.25, -0.2) is 8.42 Å². The number of carbonyl (C=O) groups is 2. The van der Waals surface area contributed by atoms with Crippen LogP contribution in [-0.4, -0.2) is 77.9 Å². The summed E-state index contributed by atoms with van der Waals surface area (Å²) < 4.78 is 32.1. The Morgan fingerprint density at radius 1 is 1.00 bits per heavy atom. The van der Waals surface area contributed by atoms with Crippen LogP contribution < -0.4 is 10.1 Å². The number of hydrogen-bond donors (Lipinski definition) is 2. The molecule has 3 aromatic rings. The number of sulfonamides is 1. The van der Waals surface area contributed by atoms with Crippen molar-refractivity contribution < 1.29 is 22.7 Å². The zero-order valence-electron chi connectivity index (χ0n) is 19.2. The van der Waals surface area contributed by atoms with E-state index >= 15 is 0 Å². The summed E-state index contributed by atoms with van der Waals surface area (Å²) in [6.45, 7) is 0.960. The quantitative estimate of drug-likeness (QED) is 0.482. The molecule has 0 saturated carbocycles. The molecule has 2 amide bonds. The Hall–Kier alpha value is -3.77. The van der Waals surface area contributed by atoms with Crippen LogP contribution in [0.25, 0.3) is 11.4 Å². The normalized spacial score (nSPS) is 14.5. The molecular formula is C23H26N6O5S. The van der Waals surface area contributed by atoms with E-state index in [9.17, 15) is 18.0 Å². The molecule has 1 aromatic heterocycles. The Bertz CT molecular complexity index is 1290. The predicted octanol–water partition coefficient (Wildman–Crippen LogP) is 1.73. The molecule has 1 fully saturated rings. The Kier molecular flexibility index (Phi) is 7.42. The Balaban J connectivity index is 1.25. The number of amides is 2. The molecule has 0 spiro atoms. The molecular weight excluding hydrogens is 472 g/mol. The van der Waals surface area contributed by atoms with Crippen molar-refractivity contribution >= 4 is 27.8 Å². The van der Waals surface area contributed by atoms with Crippen LogP contribution in [0.2, 0.25) is 0 Å². The summed E-state index contributed by atoms with van der Waals surface area (Å²) in [5.41, 5.74) is 0.701. The molecule has 1 saturated heterocycles. The molecule has 1 aliphatic rings. The highest BCUT2D eigenvalue weighted by atomic mass is 32.2. The summed E-state index contributed by atoms with van der Waals surface area (Å²) in [6, 6.07) is 15.5. The van der Waals surface area contributed by atoms with Gasteiger partial charge in [0.15, 0.2) is 5.82 Å². The van der Waals surface area contributed by atoms with E-state index in [4.69, 9.17) is 4.74 Å². The second-order valence-electron chi connectivity index (χ2n) is 7.85. The fourth-order valence-corrected chi connectivity index (χ4v) is 5.21. The summed E-state index contributed by atoms with van der Waals surface area (Å²) in [4.78, 5) is 31.0. The minimum atomic E-state index is -3.59. The van der Waals surface area contributed by atoms with E-state index in [1.54, 1.807) is 48.4 Å². The third-order valence-electron chi connectivity index (χ3n) is 5.64. The number of H-pyrrole nitrogens is 1. The second-order valence-corrected chi connectivity index (χ2v) is 9.79. The molecule has 2 heterocycles. The van der Waals surface area contributed by atoms with E-state index in [2.05, 4.69) is 20.5 Å². The van der Waals surface area contributed by atoms with Crippen LogP contribution in [-0.2, 0) is 19.6 Å². The van der Waals surface area contributed by atoms with Crippen molar-refractivity contribution in [2.24, 2.45) is 0 Å². The summed E-state index contributed by atoms with van der Waals surface area (Å²) in [7, 11) is -2.04. The largest absolute Gasteiger partial charge is 0.496 e. The summed E-state index contributed by atoms with van der Waals surface area (Å²) in [5, 5.41) is 9.34. The number of carbonyl (C=O) groups excluding carboxylic acids is 2. The first-order chi connectivity index (χ1) is 16.9. The van der Waals surface area contributed by atoms with E-state index in [1.807, 2.05) is 18.2 Å². The summed E-state index contributed by atoms with van der Waals surface area (Å²) in [6.07, 6.45) is -0.0407. The number of methoxy groups -OCH3 is 1. The zero-order chi connectivity index (χ0) is 24.8. The van der Waals surface area contributed by atoms with Crippen molar-refractivity contribution in [1.82, 2.24) is 24.4 Å². The molecule has 12 heteroatoms. The van der Waals surface area contributed by atoms with Gasteiger partial charge in [0.05, 0.1) is 17.6 Å². The number of aromatic amines is 1. The van der Waals surface area contributed by atoms with E-state index in [1.165, 1.54) is 4.31 Å². The van der Waals surface area contributed by atoms with Crippen LogP contribution in [0.3, 0.4) is 0 Å². The number of anilines is 1. The van der Waals surface area contributed by atoms with Gasteiger partial charge in [0, 0.05) is 39.0 Å². The molecule has 2 aromatic carbocycles. The van der Waals surface area contributed by atoms with E-state index in [0.29, 0.717) is 17.1 Å². The van der Waals surface area contributed by atoms with Crippen molar-refractivity contribution in [3.05, 3.63) is 54.6 Å². The number of aromatic nitrogens is 3. The smallest absolute Gasteiger partial charge is 0.249 e. The van der Waals surface area contributed by atoms with E-state index in [-0.39, 0.29) is 55.8 Å². The number of para-hydroxylation sites is 1. The van der Waals surface area contributed by atoms with Crippen molar-refractivity contribution in [3.63, 3.8) is 0 Å². The van der Waals surface area contributed by atoms with Gasteiger partial charge in [0.2, 0.25) is 27.8 Å². The predicted molar refractivity (Wildman–Crippen MR) is 128 cm³/mol. The molecule has 0 unspecified atom stereocenters. The molecule has 0 bridgehead atoms. The molecule has 0 radical (unpaired) electrons. The SMILES string of the molecule is COc1ccccc1-c1nc(NC(=O)CCC(=O)N2CCN(S(=O)(=O)c3ccccc3)CC2)n[nH]1. The number of nitrogens with one attached hydrogen (secondary N) is 2. The lowest BCUT2D eigenvalue weighted by Gasteiger charge is -2.34. The highest BCUT2D eigenvalue weighted by Crippen LogP contribution is 2.27. The van der Waals surface area contributed by atoms with Gasteiger partial charge in [-0.3, -0.25) is 20.0 Å². The Labute approximate surface area is 203 Å². The summed E-state index contributed by atoms with van der Waals surface area (Å²) in [5.74, 6) is 0.555. The van der Waals surface area contributed by atoms with Gasteiger partial charge in [0.25, 0.3) is 0 Å². The lowest BCUT2D eigenvalue weighted by Crippen LogP contribution is -2.50. The van der Waals surface area contributed by atoms with Crippen molar-refractivity contribution in [3.8, 4) is 17.1 Å². The second kappa shape index (κ2) is 10.7. The number of benzene rings is 2. The highest BCUT2D eigenvalue weighted by Gasteiger charge is 2.30. The minimum absolute atomic E-state index is 0.00105. The van der Waals surface area contributed by atoms with Crippen LogP contribution in [0.4, 0.5) is 5.95 Å². The lowest BCUT2D eigenvalue weighted by atomic mass is 10.2.